The Hall–Kier alpha value is -2.02. The maximum absolute atomic E-state index is 12.9. The van der Waals surface area contributed by atoms with E-state index in [4.69, 9.17) is 0 Å². The van der Waals surface area contributed by atoms with Crippen LogP contribution in [0.25, 0.3) is 0 Å². The molecule has 6 nitrogen and oxygen atoms in total. The maximum Gasteiger partial charge on any atom is 0.225 e. The number of hydrogen-bond acceptors (Lipinski definition) is 6. The lowest BCUT2D eigenvalue weighted by atomic mass is 9.86. The van der Waals surface area contributed by atoms with Gasteiger partial charge in [-0.3, -0.25) is 4.79 Å². The number of rotatable bonds is 5. The minimum absolute atomic E-state index is 0.269. The van der Waals surface area contributed by atoms with Crippen LogP contribution in [0.5, 0.6) is 0 Å². The Morgan fingerprint density at radius 2 is 2.04 bits per heavy atom. The fourth-order valence-electron chi connectivity index (χ4n) is 4.31. The molecule has 144 valence electrons. The zero-order valence-electron chi connectivity index (χ0n) is 15.6. The number of hydrogen-bond donors (Lipinski definition) is 1. The van der Waals surface area contributed by atoms with E-state index < -0.39 is 0 Å². The number of aromatic nitrogens is 3. The third-order valence-corrected chi connectivity index (χ3v) is 6.36. The number of anilines is 2. The van der Waals surface area contributed by atoms with Gasteiger partial charge in [0.05, 0.1) is 0 Å². The van der Waals surface area contributed by atoms with Crippen molar-refractivity contribution in [3.8, 4) is 0 Å². The van der Waals surface area contributed by atoms with Crippen molar-refractivity contribution in [2.24, 2.45) is 11.8 Å². The van der Waals surface area contributed by atoms with Crippen molar-refractivity contribution in [2.75, 3.05) is 18.4 Å². The number of amides is 1. The van der Waals surface area contributed by atoms with Gasteiger partial charge in [-0.05, 0) is 38.0 Å². The topological polar surface area (TPSA) is 71.0 Å². The van der Waals surface area contributed by atoms with Gasteiger partial charge < -0.3 is 10.2 Å². The molecule has 3 heterocycles. The Morgan fingerprint density at radius 1 is 1.15 bits per heavy atom. The lowest BCUT2D eigenvalue weighted by Gasteiger charge is -2.36. The van der Waals surface area contributed by atoms with Gasteiger partial charge in [0.25, 0.3) is 0 Å². The predicted molar refractivity (Wildman–Crippen MR) is 107 cm³/mol. The van der Waals surface area contributed by atoms with E-state index in [1.165, 1.54) is 19.3 Å². The second kappa shape index (κ2) is 8.78. The summed E-state index contributed by atoms with van der Waals surface area (Å²) in [6.45, 7) is 1.79. The van der Waals surface area contributed by atoms with Crippen molar-refractivity contribution < 1.29 is 4.79 Å². The highest BCUT2D eigenvalue weighted by atomic mass is 32.1. The lowest BCUT2D eigenvalue weighted by molar-refractivity contribution is -0.138. The zero-order valence-corrected chi connectivity index (χ0v) is 16.5. The summed E-state index contributed by atoms with van der Waals surface area (Å²) in [4.78, 5) is 28.0. The molecule has 1 saturated heterocycles. The van der Waals surface area contributed by atoms with E-state index in [-0.39, 0.29) is 5.92 Å². The van der Waals surface area contributed by atoms with Crippen molar-refractivity contribution in [2.45, 2.75) is 51.4 Å². The monoisotopic (exact) mass is 385 g/mol. The first-order chi connectivity index (χ1) is 13.3. The van der Waals surface area contributed by atoms with Gasteiger partial charge in [0, 0.05) is 42.3 Å². The van der Waals surface area contributed by atoms with Crippen LogP contribution >= 0.6 is 11.3 Å². The Kier molecular flexibility index (Phi) is 5.97. The standard InChI is InChI=1S/C20H27N5OS/c26-19(16-6-2-1-3-7-16)25-9-4-5-15(13-25)11-17-12-18(23-14-22-17)24-20-21-8-10-27-20/h8,10,12,14-16H,1-7,9,11,13H2,(H,21,22,23,24)/t15-/m1/s1. The molecule has 0 unspecified atom stereocenters. The smallest absolute Gasteiger partial charge is 0.225 e. The Labute approximate surface area is 164 Å². The number of carbonyl (C=O) groups excluding carboxylic acids is 1. The van der Waals surface area contributed by atoms with E-state index in [1.54, 1.807) is 23.9 Å². The summed E-state index contributed by atoms with van der Waals surface area (Å²) in [5.41, 5.74) is 1.03. The molecule has 4 rings (SSSR count). The normalized spacial score (nSPS) is 21.2. The number of piperidine rings is 1. The molecule has 1 saturated carbocycles. The molecular weight excluding hydrogens is 358 g/mol. The summed E-state index contributed by atoms with van der Waals surface area (Å²) in [6, 6.07) is 2.00. The average molecular weight is 386 g/mol. The summed E-state index contributed by atoms with van der Waals surface area (Å²) < 4.78 is 0. The maximum atomic E-state index is 12.9. The molecule has 0 radical (unpaired) electrons. The highest BCUT2D eigenvalue weighted by Crippen LogP contribution is 2.28. The second-order valence-corrected chi connectivity index (χ2v) is 8.58. The highest BCUT2D eigenvalue weighted by molar-refractivity contribution is 7.13. The number of thiazole rings is 1. The number of nitrogens with zero attached hydrogens (tertiary/aromatic N) is 4. The fourth-order valence-corrected chi connectivity index (χ4v) is 4.84. The van der Waals surface area contributed by atoms with Crippen LogP contribution in [0.4, 0.5) is 10.9 Å². The Morgan fingerprint density at radius 3 is 2.85 bits per heavy atom. The van der Waals surface area contributed by atoms with Crippen LogP contribution in [0.3, 0.4) is 0 Å². The summed E-state index contributed by atoms with van der Waals surface area (Å²) >= 11 is 1.55. The first-order valence-electron chi connectivity index (χ1n) is 10.0. The number of likely N-dealkylation sites (tertiary alicyclic amines) is 1. The quantitative estimate of drug-likeness (QED) is 0.841. The van der Waals surface area contributed by atoms with Gasteiger partial charge in [-0.25, -0.2) is 15.0 Å². The molecule has 1 aliphatic heterocycles. The molecule has 0 bridgehead atoms. The van der Waals surface area contributed by atoms with Crippen LogP contribution in [0.1, 0.15) is 50.6 Å². The van der Waals surface area contributed by atoms with E-state index in [2.05, 4.69) is 25.2 Å². The summed E-state index contributed by atoms with van der Waals surface area (Å²) in [5.74, 6) is 1.92. The molecule has 0 spiro atoms. The molecular formula is C20H27N5OS. The van der Waals surface area contributed by atoms with Crippen molar-refractivity contribution in [1.29, 1.82) is 0 Å². The van der Waals surface area contributed by atoms with Crippen molar-refractivity contribution in [3.05, 3.63) is 29.7 Å². The SMILES string of the molecule is O=C(C1CCCCC1)N1CCC[C@H](Cc2cc(Nc3nccs3)ncn2)C1. The van der Waals surface area contributed by atoms with Crippen molar-refractivity contribution in [1.82, 2.24) is 19.9 Å². The van der Waals surface area contributed by atoms with Gasteiger partial charge in [0.15, 0.2) is 5.13 Å². The fraction of sp³-hybridized carbons (Fsp3) is 0.600. The number of nitrogens with one attached hydrogen (secondary N) is 1. The summed E-state index contributed by atoms with van der Waals surface area (Å²) in [7, 11) is 0. The average Bonchev–Trinajstić information content (AvgIpc) is 3.22. The first kappa shape index (κ1) is 18.3. The Balaban J connectivity index is 1.35. The third kappa shape index (κ3) is 4.83. The molecule has 1 amide bonds. The lowest BCUT2D eigenvalue weighted by Crippen LogP contribution is -2.44. The molecule has 1 atom stereocenters. The molecule has 1 N–H and O–H groups in total. The molecule has 2 aromatic heterocycles. The first-order valence-corrected chi connectivity index (χ1v) is 10.9. The van der Waals surface area contributed by atoms with E-state index in [0.717, 1.165) is 61.8 Å². The van der Waals surface area contributed by atoms with E-state index >= 15 is 0 Å². The molecule has 0 aromatic carbocycles. The Bertz CT molecular complexity index is 745. The van der Waals surface area contributed by atoms with Crippen LogP contribution in [0.2, 0.25) is 0 Å². The van der Waals surface area contributed by atoms with E-state index in [9.17, 15) is 4.79 Å². The molecule has 2 fully saturated rings. The van der Waals surface area contributed by atoms with Gasteiger partial charge in [-0.1, -0.05) is 19.3 Å². The van der Waals surface area contributed by atoms with Gasteiger partial charge in [-0.2, -0.15) is 0 Å². The molecule has 27 heavy (non-hydrogen) atoms. The van der Waals surface area contributed by atoms with E-state index in [1.807, 2.05) is 11.4 Å². The van der Waals surface area contributed by atoms with Crippen LogP contribution in [-0.2, 0) is 11.2 Å². The van der Waals surface area contributed by atoms with Crippen molar-refractivity contribution in [3.63, 3.8) is 0 Å². The van der Waals surface area contributed by atoms with Gasteiger partial charge in [0.2, 0.25) is 5.91 Å². The van der Waals surface area contributed by atoms with Crippen LogP contribution < -0.4 is 5.32 Å². The molecule has 7 heteroatoms. The molecule has 1 aliphatic carbocycles. The van der Waals surface area contributed by atoms with Crippen LogP contribution in [-0.4, -0.2) is 38.8 Å². The zero-order chi connectivity index (χ0) is 18.5. The highest BCUT2D eigenvalue weighted by Gasteiger charge is 2.29. The summed E-state index contributed by atoms with van der Waals surface area (Å²) in [6.07, 6.45) is 12.4. The van der Waals surface area contributed by atoms with E-state index in [0.29, 0.717) is 11.8 Å². The predicted octanol–water partition coefficient (Wildman–Crippen LogP) is 4.04. The minimum Gasteiger partial charge on any atom is -0.342 e. The van der Waals surface area contributed by atoms with Crippen molar-refractivity contribution >= 4 is 28.2 Å². The van der Waals surface area contributed by atoms with Crippen LogP contribution in [0.15, 0.2) is 24.0 Å². The van der Waals surface area contributed by atoms with Crippen LogP contribution in [0, 0.1) is 11.8 Å². The minimum atomic E-state index is 0.269. The van der Waals surface area contributed by atoms with Gasteiger partial charge in [0.1, 0.15) is 12.1 Å². The summed E-state index contributed by atoms with van der Waals surface area (Å²) in [5, 5.41) is 5.99. The third-order valence-electron chi connectivity index (χ3n) is 5.67. The largest absolute Gasteiger partial charge is 0.342 e. The second-order valence-electron chi connectivity index (χ2n) is 7.69. The molecule has 2 aromatic rings. The molecule has 2 aliphatic rings. The van der Waals surface area contributed by atoms with Gasteiger partial charge >= 0.3 is 0 Å². The number of carbonyl (C=O) groups is 1. The van der Waals surface area contributed by atoms with Gasteiger partial charge in [-0.15, -0.1) is 11.3 Å².